The Kier molecular flexibility index (Phi) is 1.90. The Balaban J connectivity index is 2.09. The molecule has 2 aliphatic carbocycles. The summed E-state index contributed by atoms with van der Waals surface area (Å²) in [4.78, 5) is 0. The zero-order valence-electron chi connectivity index (χ0n) is 8.80. The Morgan fingerprint density at radius 2 is 2.33 bits per heavy atom. The number of halogens is 1. The van der Waals surface area contributed by atoms with Gasteiger partial charge in [-0.05, 0) is 55.3 Å². The number of nitrogens with two attached hydrogens (primary N) is 1. The van der Waals surface area contributed by atoms with E-state index >= 15 is 0 Å². The van der Waals surface area contributed by atoms with Crippen LogP contribution in [0, 0.1) is 11.7 Å². The van der Waals surface area contributed by atoms with Crippen LogP contribution in [0.4, 0.5) is 4.39 Å². The largest absolute Gasteiger partial charge is 0.330 e. The van der Waals surface area contributed by atoms with Crippen molar-refractivity contribution in [1.29, 1.82) is 0 Å². The summed E-state index contributed by atoms with van der Waals surface area (Å²) in [6.45, 7) is 0.746. The molecule has 2 unspecified atom stereocenters. The minimum atomic E-state index is -0.0192. The predicted octanol–water partition coefficient (Wildman–Crippen LogP) is 2.38. The highest BCUT2D eigenvalue weighted by Crippen LogP contribution is 2.59. The van der Waals surface area contributed by atoms with Gasteiger partial charge in [0.05, 0.1) is 0 Å². The highest BCUT2D eigenvalue weighted by Gasteiger charge is 2.55. The van der Waals surface area contributed by atoms with E-state index in [-0.39, 0.29) is 11.2 Å². The molecule has 2 aliphatic rings. The van der Waals surface area contributed by atoms with Gasteiger partial charge in [-0.1, -0.05) is 12.1 Å². The number of hydrogen-bond acceptors (Lipinski definition) is 1. The first-order valence-corrected chi connectivity index (χ1v) is 5.76. The maximum atomic E-state index is 13.6. The molecule has 1 nitrogen and oxygen atoms in total. The first-order chi connectivity index (χ1) is 7.28. The second kappa shape index (κ2) is 3.05. The van der Waals surface area contributed by atoms with E-state index in [0.29, 0.717) is 5.92 Å². The molecule has 1 aromatic carbocycles. The van der Waals surface area contributed by atoms with E-state index in [1.165, 1.54) is 18.4 Å². The summed E-state index contributed by atoms with van der Waals surface area (Å²) in [6.07, 6.45) is 4.39. The van der Waals surface area contributed by atoms with Crippen LogP contribution in [0.3, 0.4) is 0 Å². The monoisotopic (exact) mass is 205 g/mol. The molecule has 1 saturated carbocycles. The van der Waals surface area contributed by atoms with E-state index in [0.717, 1.165) is 24.9 Å². The van der Waals surface area contributed by atoms with Crippen LogP contribution in [0.2, 0.25) is 0 Å². The second-order valence-corrected chi connectivity index (χ2v) is 4.91. The van der Waals surface area contributed by atoms with Gasteiger partial charge >= 0.3 is 0 Å². The number of rotatable bonds is 1. The van der Waals surface area contributed by atoms with Gasteiger partial charge in [-0.25, -0.2) is 4.39 Å². The molecule has 0 saturated heterocycles. The standard InChI is InChI=1S/C13H16FN/c14-12-5-1-4-11-10(12)3-2-6-13(11)7-9(13)8-15/h1,4-5,9H,2-3,6-8,15H2. The molecule has 0 aliphatic heterocycles. The average molecular weight is 205 g/mol. The fraction of sp³-hybridized carbons (Fsp3) is 0.538. The molecular formula is C13H16FN. The van der Waals surface area contributed by atoms with Gasteiger partial charge in [0, 0.05) is 5.41 Å². The smallest absolute Gasteiger partial charge is 0.126 e. The van der Waals surface area contributed by atoms with Crippen molar-refractivity contribution in [3.05, 3.63) is 35.1 Å². The van der Waals surface area contributed by atoms with Gasteiger partial charge in [-0.15, -0.1) is 0 Å². The lowest BCUT2D eigenvalue weighted by molar-refractivity contribution is 0.480. The lowest BCUT2D eigenvalue weighted by Gasteiger charge is -2.26. The van der Waals surface area contributed by atoms with E-state index in [1.54, 1.807) is 6.07 Å². The van der Waals surface area contributed by atoms with E-state index < -0.39 is 0 Å². The third kappa shape index (κ3) is 1.18. The van der Waals surface area contributed by atoms with Crippen LogP contribution < -0.4 is 5.73 Å². The lowest BCUT2D eigenvalue weighted by atomic mass is 9.78. The summed E-state index contributed by atoms with van der Waals surface area (Å²) < 4.78 is 13.6. The maximum absolute atomic E-state index is 13.6. The van der Waals surface area contributed by atoms with Crippen molar-refractivity contribution < 1.29 is 4.39 Å². The van der Waals surface area contributed by atoms with Crippen LogP contribution >= 0.6 is 0 Å². The van der Waals surface area contributed by atoms with Crippen molar-refractivity contribution in [2.45, 2.75) is 31.1 Å². The first-order valence-electron chi connectivity index (χ1n) is 5.76. The zero-order valence-corrected chi connectivity index (χ0v) is 8.80. The van der Waals surface area contributed by atoms with Gasteiger partial charge in [0.15, 0.2) is 0 Å². The molecule has 2 atom stereocenters. The Morgan fingerprint density at radius 1 is 1.47 bits per heavy atom. The molecule has 1 fully saturated rings. The molecule has 3 rings (SSSR count). The Labute approximate surface area is 89.5 Å². The maximum Gasteiger partial charge on any atom is 0.126 e. The lowest BCUT2D eigenvalue weighted by Crippen LogP contribution is -2.22. The van der Waals surface area contributed by atoms with Gasteiger partial charge < -0.3 is 5.73 Å². The second-order valence-electron chi connectivity index (χ2n) is 4.91. The fourth-order valence-electron chi connectivity index (χ4n) is 3.32. The van der Waals surface area contributed by atoms with Gasteiger partial charge in [-0.2, -0.15) is 0 Å². The molecule has 1 aromatic rings. The number of hydrogen-bond donors (Lipinski definition) is 1. The van der Waals surface area contributed by atoms with Crippen molar-refractivity contribution >= 4 is 0 Å². The van der Waals surface area contributed by atoms with E-state index in [1.807, 2.05) is 6.07 Å². The van der Waals surface area contributed by atoms with Crippen molar-refractivity contribution in [2.75, 3.05) is 6.54 Å². The summed E-state index contributed by atoms with van der Waals surface area (Å²) >= 11 is 0. The summed E-state index contributed by atoms with van der Waals surface area (Å²) in [5, 5.41) is 0. The molecule has 80 valence electrons. The van der Waals surface area contributed by atoms with Crippen LogP contribution in [-0.4, -0.2) is 6.54 Å². The number of benzene rings is 1. The quantitative estimate of drug-likeness (QED) is 0.748. The van der Waals surface area contributed by atoms with Crippen molar-refractivity contribution in [3.8, 4) is 0 Å². The number of fused-ring (bicyclic) bond motifs is 2. The normalized spacial score (nSPS) is 32.8. The van der Waals surface area contributed by atoms with Crippen LogP contribution in [0.5, 0.6) is 0 Å². The third-order valence-electron chi connectivity index (χ3n) is 4.22. The topological polar surface area (TPSA) is 26.0 Å². The molecule has 15 heavy (non-hydrogen) atoms. The minimum absolute atomic E-state index is 0.0192. The van der Waals surface area contributed by atoms with Gasteiger partial charge in [0.25, 0.3) is 0 Å². The van der Waals surface area contributed by atoms with Crippen molar-refractivity contribution in [3.63, 3.8) is 0 Å². The van der Waals surface area contributed by atoms with Gasteiger partial charge in [-0.3, -0.25) is 0 Å². The Bertz CT molecular complexity index is 402. The van der Waals surface area contributed by atoms with E-state index in [9.17, 15) is 4.39 Å². The first kappa shape index (κ1) is 9.34. The molecule has 2 N–H and O–H groups in total. The summed E-state index contributed by atoms with van der Waals surface area (Å²) in [5.74, 6) is 0.576. The Morgan fingerprint density at radius 3 is 3.07 bits per heavy atom. The SMILES string of the molecule is NCC1CC12CCCc1c(F)cccc12. The predicted molar refractivity (Wildman–Crippen MR) is 58.2 cm³/mol. The van der Waals surface area contributed by atoms with Gasteiger partial charge in [0.1, 0.15) is 5.82 Å². The van der Waals surface area contributed by atoms with Crippen molar-refractivity contribution in [2.24, 2.45) is 11.7 Å². The molecule has 0 radical (unpaired) electrons. The van der Waals surface area contributed by atoms with Crippen LogP contribution in [0.15, 0.2) is 18.2 Å². The average Bonchev–Trinajstić information content (AvgIpc) is 2.95. The van der Waals surface area contributed by atoms with E-state index in [2.05, 4.69) is 6.07 Å². The van der Waals surface area contributed by atoms with Crippen LogP contribution in [-0.2, 0) is 11.8 Å². The highest BCUT2D eigenvalue weighted by molar-refractivity contribution is 5.43. The summed E-state index contributed by atoms with van der Waals surface area (Å²) in [6, 6.07) is 5.53. The Hall–Kier alpha value is -0.890. The molecule has 1 spiro atoms. The van der Waals surface area contributed by atoms with Gasteiger partial charge in [0.2, 0.25) is 0 Å². The molecule has 0 aromatic heterocycles. The summed E-state index contributed by atoms with van der Waals surface area (Å²) in [5.41, 5.74) is 8.21. The fourth-order valence-corrected chi connectivity index (χ4v) is 3.32. The summed E-state index contributed by atoms with van der Waals surface area (Å²) in [7, 11) is 0. The van der Waals surface area contributed by atoms with Crippen molar-refractivity contribution in [1.82, 2.24) is 0 Å². The highest BCUT2D eigenvalue weighted by atomic mass is 19.1. The molecular weight excluding hydrogens is 189 g/mol. The molecule has 0 heterocycles. The third-order valence-corrected chi connectivity index (χ3v) is 4.22. The van der Waals surface area contributed by atoms with E-state index in [4.69, 9.17) is 5.73 Å². The molecule has 0 amide bonds. The molecule has 0 bridgehead atoms. The molecule has 2 heteroatoms. The van der Waals surface area contributed by atoms with Crippen LogP contribution in [0.1, 0.15) is 30.4 Å². The minimum Gasteiger partial charge on any atom is -0.330 e. The van der Waals surface area contributed by atoms with Crippen LogP contribution in [0.25, 0.3) is 0 Å². The zero-order chi connectivity index (χ0) is 10.5.